The van der Waals surface area contributed by atoms with Gasteiger partial charge in [0, 0.05) is 29.0 Å². The molecule has 6 heteroatoms. The van der Waals surface area contributed by atoms with E-state index < -0.39 is 0 Å². The first kappa shape index (κ1) is 16.5. The molecule has 3 aromatic rings. The molecule has 0 atom stereocenters. The lowest BCUT2D eigenvalue weighted by Gasteiger charge is -2.17. The zero-order chi connectivity index (χ0) is 18.1. The number of aryl methyl sites for hydroxylation is 1. The maximum atomic E-state index is 13.0. The number of para-hydroxylation sites is 1. The monoisotopic (exact) mass is 364 g/mol. The Balaban J connectivity index is 1.63. The van der Waals surface area contributed by atoms with Crippen molar-refractivity contribution in [2.75, 3.05) is 16.8 Å². The van der Waals surface area contributed by atoms with Crippen LogP contribution in [0.1, 0.15) is 21.9 Å². The molecule has 1 amide bonds. The second kappa shape index (κ2) is 6.77. The molecule has 0 spiro atoms. The van der Waals surface area contributed by atoms with Gasteiger partial charge in [0.15, 0.2) is 0 Å². The predicted octanol–water partition coefficient (Wildman–Crippen LogP) is 4.38. The number of carbonyl (C=O) groups excluding carboxylic acids is 1. The third-order valence-electron chi connectivity index (χ3n) is 4.29. The molecule has 0 aliphatic carbocycles. The third kappa shape index (κ3) is 3.26. The van der Waals surface area contributed by atoms with Gasteiger partial charge < -0.3 is 10.2 Å². The normalized spacial score (nSPS) is 12.8. The van der Waals surface area contributed by atoms with Crippen LogP contribution in [0.5, 0.6) is 0 Å². The van der Waals surface area contributed by atoms with Crippen LogP contribution >= 0.6 is 11.6 Å². The van der Waals surface area contributed by atoms with Crippen molar-refractivity contribution in [3.63, 3.8) is 0 Å². The Morgan fingerprint density at radius 2 is 1.96 bits per heavy atom. The summed E-state index contributed by atoms with van der Waals surface area (Å²) in [4.78, 5) is 23.5. The number of nitrogens with zero attached hydrogens (tertiary/aromatic N) is 3. The fourth-order valence-electron chi connectivity index (χ4n) is 3.14. The number of hydrogen-bond donors (Lipinski definition) is 1. The number of hydrogen-bond acceptors (Lipinski definition) is 4. The molecule has 26 heavy (non-hydrogen) atoms. The minimum Gasteiger partial charge on any atom is -0.340 e. The molecule has 2 heterocycles. The van der Waals surface area contributed by atoms with Crippen LogP contribution in [-0.4, -0.2) is 22.4 Å². The van der Waals surface area contributed by atoms with E-state index in [9.17, 15) is 4.79 Å². The summed E-state index contributed by atoms with van der Waals surface area (Å²) in [7, 11) is 0. The SMILES string of the molecule is Cc1nc(Nc2cccc(Cl)c2)cc(C(=O)N2CCc3ccccc32)n1. The van der Waals surface area contributed by atoms with E-state index in [0.717, 1.165) is 17.8 Å². The zero-order valence-corrected chi connectivity index (χ0v) is 15.0. The quantitative estimate of drug-likeness (QED) is 0.749. The first-order valence-corrected chi connectivity index (χ1v) is 8.76. The van der Waals surface area contributed by atoms with Crippen molar-refractivity contribution in [1.29, 1.82) is 0 Å². The number of anilines is 3. The van der Waals surface area contributed by atoms with Crippen molar-refractivity contribution in [3.8, 4) is 0 Å². The van der Waals surface area contributed by atoms with Gasteiger partial charge in [-0.3, -0.25) is 4.79 Å². The highest BCUT2D eigenvalue weighted by molar-refractivity contribution is 6.30. The van der Waals surface area contributed by atoms with Crippen LogP contribution in [0.3, 0.4) is 0 Å². The molecule has 0 saturated heterocycles. The molecule has 1 N–H and O–H groups in total. The van der Waals surface area contributed by atoms with E-state index in [1.807, 2.05) is 30.3 Å². The van der Waals surface area contributed by atoms with Crippen LogP contribution < -0.4 is 10.2 Å². The van der Waals surface area contributed by atoms with Gasteiger partial charge in [0.1, 0.15) is 17.3 Å². The second-order valence-corrected chi connectivity index (χ2v) is 6.59. The first-order valence-electron chi connectivity index (χ1n) is 8.38. The van der Waals surface area contributed by atoms with Gasteiger partial charge in [0.2, 0.25) is 0 Å². The molecule has 0 bridgehead atoms. The van der Waals surface area contributed by atoms with Gasteiger partial charge >= 0.3 is 0 Å². The molecule has 1 aliphatic rings. The van der Waals surface area contributed by atoms with E-state index in [-0.39, 0.29) is 5.91 Å². The van der Waals surface area contributed by atoms with E-state index in [2.05, 4.69) is 21.4 Å². The topological polar surface area (TPSA) is 58.1 Å². The van der Waals surface area contributed by atoms with E-state index in [1.54, 1.807) is 30.0 Å². The fraction of sp³-hybridized carbons (Fsp3) is 0.150. The number of aromatic nitrogens is 2. The molecule has 5 nitrogen and oxygen atoms in total. The lowest BCUT2D eigenvalue weighted by molar-refractivity contribution is 0.0984. The third-order valence-corrected chi connectivity index (χ3v) is 4.52. The molecule has 0 unspecified atom stereocenters. The lowest BCUT2D eigenvalue weighted by Crippen LogP contribution is -2.30. The van der Waals surface area contributed by atoms with Crippen LogP contribution in [0, 0.1) is 6.92 Å². The predicted molar refractivity (Wildman–Crippen MR) is 103 cm³/mol. The maximum absolute atomic E-state index is 13.0. The van der Waals surface area contributed by atoms with Gasteiger partial charge in [-0.2, -0.15) is 0 Å². The van der Waals surface area contributed by atoms with Gasteiger partial charge in [0.05, 0.1) is 0 Å². The second-order valence-electron chi connectivity index (χ2n) is 6.16. The molecule has 0 radical (unpaired) electrons. The van der Waals surface area contributed by atoms with Crippen LogP contribution in [0.4, 0.5) is 17.2 Å². The van der Waals surface area contributed by atoms with Crippen molar-refractivity contribution in [2.45, 2.75) is 13.3 Å². The van der Waals surface area contributed by atoms with Gasteiger partial charge in [-0.05, 0) is 43.2 Å². The Morgan fingerprint density at radius 1 is 1.12 bits per heavy atom. The number of amides is 1. The standard InChI is InChI=1S/C20H17ClN4O/c1-13-22-17(12-19(23-13)24-16-7-4-6-15(21)11-16)20(26)25-10-9-14-5-2-3-8-18(14)25/h2-8,11-12H,9-10H2,1H3,(H,22,23,24). The Labute approximate surface area is 156 Å². The summed E-state index contributed by atoms with van der Waals surface area (Å²) in [5, 5.41) is 3.81. The number of nitrogens with one attached hydrogen (secondary N) is 1. The summed E-state index contributed by atoms with van der Waals surface area (Å²) in [5.74, 6) is 0.984. The highest BCUT2D eigenvalue weighted by Crippen LogP contribution is 2.29. The van der Waals surface area contributed by atoms with Crippen molar-refractivity contribution >= 4 is 34.7 Å². The molecule has 1 aliphatic heterocycles. The minimum absolute atomic E-state index is 0.116. The van der Waals surface area contributed by atoms with Crippen molar-refractivity contribution in [3.05, 3.63) is 76.7 Å². The molecule has 2 aromatic carbocycles. The summed E-state index contributed by atoms with van der Waals surface area (Å²) < 4.78 is 0. The summed E-state index contributed by atoms with van der Waals surface area (Å²) in [6, 6.07) is 17.0. The maximum Gasteiger partial charge on any atom is 0.277 e. The van der Waals surface area contributed by atoms with Crippen LogP contribution in [0.15, 0.2) is 54.6 Å². The Kier molecular flexibility index (Phi) is 4.31. The minimum atomic E-state index is -0.116. The first-order chi connectivity index (χ1) is 12.6. The average Bonchev–Trinajstić information content (AvgIpc) is 3.04. The van der Waals surface area contributed by atoms with Gasteiger partial charge in [-0.25, -0.2) is 9.97 Å². The number of benzene rings is 2. The van der Waals surface area contributed by atoms with Crippen LogP contribution in [0.2, 0.25) is 5.02 Å². The van der Waals surface area contributed by atoms with Crippen molar-refractivity contribution < 1.29 is 4.79 Å². The van der Waals surface area contributed by atoms with Gasteiger partial charge in [0.25, 0.3) is 5.91 Å². The number of carbonyl (C=O) groups is 1. The zero-order valence-electron chi connectivity index (χ0n) is 14.2. The van der Waals surface area contributed by atoms with Crippen molar-refractivity contribution in [2.24, 2.45) is 0 Å². The Morgan fingerprint density at radius 3 is 2.81 bits per heavy atom. The van der Waals surface area contributed by atoms with E-state index >= 15 is 0 Å². The largest absolute Gasteiger partial charge is 0.340 e. The molecule has 0 saturated carbocycles. The summed E-state index contributed by atoms with van der Waals surface area (Å²) in [6.07, 6.45) is 0.861. The molecule has 130 valence electrons. The fourth-order valence-corrected chi connectivity index (χ4v) is 3.33. The Bertz CT molecular complexity index is 989. The Hall–Kier alpha value is -2.92. The molecular weight excluding hydrogens is 348 g/mol. The summed E-state index contributed by atoms with van der Waals surface area (Å²) in [5.41, 5.74) is 3.32. The van der Waals surface area contributed by atoms with E-state index in [1.165, 1.54) is 5.56 Å². The highest BCUT2D eigenvalue weighted by Gasteiger charge is 2.26. The lowest BCUT2D eigenvalue weighted by atomic mass is 10.2. The van der Waals surface area contributed by atoms with E-state index in [4.69, 9.17) is 11.6 Å². The van der Waals surface area contributed by atoms with Crippen LogP contribution in [-0.2, 0) is 6.42 Å². The molecule has 4 rings (SSSR count). The molecule has 1 aromatic heterocycles. The van der Waals surface area contributed by atoms with Crippen LogP contribution in [0.25, 0.3) is 0 Å². The van der Waals surface area contributed by atoms with Gasteiger partial charge in [-0.15, -0.1) is 0 Å². The average molecular weight is 365 g/mol. The number of rotatable bonds is 3. The van der Waals surface area contributed by atoms with E-state index in [0.29, 0.717) is 28.9 Å². The molecular formula is C20H17ClN4O. The highest BCUT2D eigenvalue weighted by atomic mass is 35.5. The van der Waals surface area contributed by atoms with Crippen molar-refractivity contribution in [1.82, 2.24) is 9.97 Å². The smallest absolute Gasteiger partial charge is 0.277 e. The summed E-state index contributed by atoms with van der Waals surface area (Å²) in [6.45, 7) is 2.44. The molecule has 0 fully saturated rings. The number of fused-ring (bicyclic) bond motifs is 1. The summed E-state index contributed by atoms with van der Waals surface area (Å²) >= 11 is 6.02. The van der Waals surface area contributed by atoms with Gasteiger partial charge in [-0.1, -0.05) is 35.9 Å². The number of halogens is 1.